The van der Waals surface area contributed by atoms with Crippen LogP contribution >= 0.6 is 24.0 Å². The Morgan fingerprint density at radius 2 is 1.88 bits per heavy atom. The maximum absolute atomic E-state index is 12.8. The lowest BCUT2D eigenvalue weighted by Gasteiger charge is -2.20. The molecule has 7 heteroatoms. The summed E-state index contributed by atoms with van der Waals surface area (Å²) < 4.78 is 12.8. The number of aliphatic imine (C=N–C) groups is 1. The number of likely N-dealkylation sites (tertiary alicyclic amines) is 1. The highest BCUT2D eigenvalue weighted by Crippen LogP contribution is 2.07. The van der Waals surface area contributed by atoms with E-state index in [-0.39, 0.29) is 42.1 Å². The van der Waals surface area contributed by atoms with E-state index in [1.807, 2.05) is 0 Å². The molecule has 1 aromatic rings. The van der Waals surface area contributed by atoms with Gasteiger partial charge in [0.15, 0.2) is 5.96 Å². The van der Waals surface area contributed by atoms with E-state index in [0.29, 0.717) is 13.1 Å². The molecule has 1 heterocycles. The van der Waals surface area contributed by atoms with E-state index in [1.165, 1.54) is 25.0 Å². The summed E-state index contributed by atoms with van der Waals surface area (Å²) in [4.78, 5) is 18.7. The van der Waals surface area contributed by atoms with E-state index < -0.39 is 0 Å². The number of carbonyl (C=O) groups is 1. The second kappa shape index (κ2) is 11.2. The molecule has 2 N–H and O–H groups in total. The van der Waals surface area contributed by atoms with Crippen LogP contribution in [-0.4, -0.2) is 49.5 Å². The number of nitrogens with one attached hydrogen (secondary N) is 2. The van der Waals surface area contributed by atoms with Crippen molar-refractivity contribution >= 4 is 35.8 Å². The first-order valence-electron chi connectivity index (χ1n) is 8.23. The summed E-state index contributed by atoms with van der Waals surface area (Å²) in [6.45, 7) is 6.03. The van der Waals surface area contributed by atoms with E-state index in [0.717, 1.165) is 31.2 Å². The van der Waals surface area contributed by atoms with Crippen molar-refractivity contribution in [1.29, 1.82) is 0 Å². The average molecular weight is 448 g/mol. The van der Waals surface area contributed by atoms with Gasteiger partial charge in [-0.15, -0.1) is 24.0 Å². The number of hydrogen-bond donors (Lipinski definition) is 2. The minimum Gasteiger partial charge on any atom is -0.357 e. The van der Waals surface area contributed by atoms with Crippen LogP contribution in [0.2, 0.25) is 0 Å². The van der Waals surface area contributed by atoms with Gasteiger partial charge >= 0.3 is 0 Å². The maximum atomic E-state index is 12.8. The van der Waals surface area contributed by atoms with Crippen molar-refractivity contribution in [3.05, 3.63) is 35.6 Å². The van der Waals surface area contributed by atoms with E-state index in [9.17, 15) is 9.18 Å². The first kappa shape index (κ1) is 20.7. The van der Waals surface area contributed by atoms with Crippen molar-refractivity contribution in [3.63, 3.8) is 0 Å². The quantitative estimate of drug-likeness (QED) is 0.304. The highest BCUT2D eigenvalue weighted by atomic mass is 127. The monoisotopic (exact) mass is 448 g/mol. The highest BCUT2D eigenvalue weighted by Gasteiger charge is 2.15. The number of guanidine groups is 1. The van der Waals surface area contributed by atoms with Gasteiger partial charge < -0.3 is 15.5 Å². The first-order valence-corrected chi connectivity index (χ1v) is 8.23. The minimum absolute atomic E-state index is 0. The molecule has 0 saturated carbocycles. The molecule has 0 atom stereocenters. The molecule has 0 aromatic heterocycles. The summed E-state index contributed by atoms with van der Waals surface area (Å²) in [6, 6.07) is 5.99. The second-order valence-electron chi connectivity index (χ2n) is 5.58. The fourth-order valence-corrected chi connectivity index (χ4v) is 2.56. The van der Waals surface area contributed by atoms with Crippen LogP contribution in [0.1, 0.15) is 25.3 Å². The van der Waals surface area contributed by atoms with E-state index in [1.54, 1.807) is 12.1 Å². The van der Waals surface area contributed by atoms with Crippen molar-refractivity contribution in [1.82, 2.24) is 15.5 Å². The Morgan fingerprint density at radius 3 is 2.50 bits per heavy atom. The fourth-order valence-electron chi connectivity index (χ4n) is 2.56. The van der Waals surface area contributed by atoms with Gasteiger partial charge in [0.2, 0.25) is 5.91 Å². The third kappa shape index (κ3) is 7.02. The molecule has 1 amide bonds. The molecule has 1 fully saturated rings. The molecule has 0 radical (unpaired) electrons. The molecule has 2 rings (SSSR count). The third-order valence-electron chi connectivity index (χ3n) is 3.71. The standard InChI is InChI=1S/C17H25FN4O.HI/c1-2-19-17(22-11-3-4-12-22)21-10-9-20-16(23)13-14-5-7-15(18)8-6-14;/h5-8H,2-4,9-13H2,1H3,(H,19,21)(H,20,23);1H. The first-order chi connectivity index (χ1) is 11.2. The molecule has 0 spiro atoms. The molecule has 0 aliphatic carbocycles. The predicted octanol–water partition coefficient (Wildman–Crippen LogP) is 2.16. The van der Waals surface area contributed by atoms with Gasteiger partial charge in [-0.25, -0.2) is 4.39 Å². The van der Waals surface area contributed by atoms with Gasteiger partial charge in [0, 0.05) is 26.2 Å². The average Bonchev–Trinajstić information content (AvgIpc) is 3.07. The molecule has 0 unspecified atom stereocenters. The number of nitrogens with zero attached hydrogens (tertiary/aromatic N) is 2. The predicted molar refractivity (Wildman–Crippen MR) is 105 cm³/mol. The summed E-state index contributed by atoms with van der Waals surface area (Å²) in [6.07, 6.45) is 2.67. The van der Waals surface area contributed by atoms with Gasteiger partial charge in [0.1, 0.15) is 5.82 Å². The molecule has 1 aliphatic heterocycles. The van der Waals surface area contributed by atoms with Gasteiger partial charge in [0.05, 0.1) is 13.0 Å². The van der Waals surface area contributed by atoms with E-state index >= 15 is 0 Å². The van der Waals surface area contributed by atoms with Crippen LogP contribution < -0.4 is 10.6 Å². The van der Waals surface area contributed by atoms with Gasteiger partial charge in [-0.3, -0.25) is 9.79 Å². The van der Waals surface area contributed by atoms with Gasteiger partial charge in [0.25, 0.3) is 0 Å². The highest BCUT2D eigenvalue weighted by molar-refractivity contribution is 14.0. The van der Waals surface area contributed by atoms with Crippen molar-refractivity contribution in [2.75, 3.05) is 32.7 Å². The third-order valence-corrected chi connectivity index (χ3v) is 3.71. The molecular formula is C17H26FIN4O. The zero-order chi connectivity index (χ0) is 16.5. The minimum atomic E-state index is -0.290. The Bertz CT molecular complexity index is 530. The molecular weight excluding hydrogens is 422 g/mol. The fraction of sp³-hybridized carbons (Fsp3) is 0.529. The molecule has 1 aromatic carbocycles. The number of amides is 1. The van der Waals surface area contributed by atoms with Gasteiger partial charge in [-0.1, -0.05) is 12.1 Å². The zero-order valence-corrected chi connectivity index (χ0v) is 16.4. The number of benzene rings is 1. The van der Waals surface area contributed by atoms with Crippen LogP contribution in [0.25, 0.3) is 0 Å². The Kier molecular flexibility index (Phi) is 9.66. The van der Waals surface area contributed by atoms with Crippen LogP contribution in [0.4, 0.5) is 4.39 Å². The van der Waals surface area contributed by atoms with Crippen molar-refractivity contribution in [3.8, 4) is 0 Å². The maximum Gasteiger partial charge on any atom is 0.224 e. The van der Waals surface area contributed by atoms with Crippen molar-refractivity contribution in [2.24, 2.45) is 4.99 Å². The zero-order valence-electron chi connectivity index (χ0n) is 14.1. The summed E-state index contributed by atoms with van der Waals surface area (Å²) in [5.74, 6) is 0.567. The Hall–Kier alpha value is -1.38. The lowest BCUT2D eigenvalue weighted by atomic mass is 10.1. The van der Waals surface area contributed by atoms with E-state index in [4.69, 9.17) is 0 Å². The van der Waals surface area contributed by atoms with Crippen LogP contribution in [0.15, 0.2) is 29.3 Å². The summed E-state index contributed by atoms with van der Waals surface area (Å²) in [5, 5.41) is 6.13. The van der Waals surface area contributed by atoms with Crippen LogP contribution in [0, 0.1) is 5.82 Å². The van der Waals surface area contributed by atoms with Crippen LogP contribution in [-0.2, 0) is 11.2 Å². The smallest absolute Gasteiger partial charge is 0.224 e. The summed E-state index contributed by atoms with van der Waals surface area (Å²) in [5.41, 5.74) is 0.804. The van der Waals surface area contributed by atoms with E-state index in [2.05, 4.69) is 27.4 Å². The van der Waals surface area contributed by atoms with Crippen LogP contribution in [0.3, 0.4) is 0 Å². The summed E-state index contributed by atoms with van der Waals surface area (Å²) >= 11 is 0. The largest absolute Gasteiger partial charge is 0.357 e. The van der Waals surface area contributed by atoms with Gasteiger partial charge in [-0.2, -0.15) is 0 Å². The van der Waals surface area contributed by atoms with Crippen molar-refractivity contribution < 1.29 is 9.18 Å². The molecule has 134 valence electrons. The Labute approximate surface area is 160 Å². The normalized spacial score (nSPS) is 14.2. The Morgan fingerprint density at radius 1 is 1.21 bits per heavy atom. The lowest BCUT2D eigenvalue weighted by Crippen LogP contribution is -2.40. The topological polar surface area (TPSA) is 56.7 Å². The van der Waals surface area contributed by atoms with Crippen LogP contribution in [0.5, 0.6) is 0 Å². The summed E-state index contributed by atoms with van der Waals surface area (Å²) in [7, 11) is 0. The molecule has 5 nitrogen and oxygen atoms in total. The van der Waals surface area contributed by atoms with Gasteiger partial charge in [-0.05, 0) is 37.5 Å². The van der Waals surface area contributed by atoms with Crippen molar-refractivity contribution in [2.45, 2.75) is 26.2 Å². The number of halogens is 2. The second-order valence-corrected chi connectivity index (χ2v) is 5.58. The number of hydrogen-bond acceptors (Lipinski definition) is 2. The molecule has 1 aliphatic rings. The SMILES string of the molecule is CCNC(=NCCNC(=O)Cc1ccc(F)cc1)N1CCCC1.I. The molecule has 1 saturated heterocycles. The molecule has 0 bridgehead atoms. The lowest BCUT2D eigenvalue weighted by molar-refractivity contribution is -0.120. The Balaban J connectivity index is 0.00000288. The molecule has 24 heavy (non-hydrogen) atoms. The number of rotatable bonds is 6. The number of carbonyl (C=O) groups excluding carboxylic acids is 1.